The van der Waals surface area contributed by atoms with Crippen LogP contribution < -0.4 is 5.32 Å². The van der Waals surface area contributed by atoms with Crippen molar-refractivity contribution in [1.29, 1.82) is 0 Å². The molecule has 3 aromatic rings. The number of nitrogens with zero attached hydrogens (tertiary/aromatic N) is 2. The summed E-state index contributed by atoms with van der Waals surface area (Å²) in [5, 5.41) is 3.57. The van der Waals surface area contributed by atoms with Gasteiger partial charge in [0, 0.05) is 30.8 Å². The van der Waals surface area contributed by atoms with Gasteiger partial charge in [-0.1, -0.05) is 30.3 Å². The van der Waals surface area contributed by atoms with E-state index < -0.39 is 11.7 Å². The van der Waals surface area contributed by atoms with Gasteiger partial charge >= 0.3 is 12.2 Å². The molecule has 1 aliphatic heterocycles. The van der Waals surface area contributed by atoms with E-state index in [9.17, 15) is 9.59 Å². The number of hydrogen-bond donors (Lipinski definition) is 1. The fraction of sp³-hybridized carbons (Fsp3) is 0.375. The number of fused-ring (bicyclic) bond motifs is 1. The van der Waals surface area contributed by atoms with Gasteiger partial charge in [-0.15, -0.1) is 11.3 Å². The summed E-state index contributed by atoms with van der Waals surface area (Å²) in [7, 11) is 0. The third-order valence-electron chi connectivity index (χ3n) is 5.21. The van der Waals surface area contributed by atoms with E-state index in [0.29, 0.717) is 13.1 Å². The Hall–Kier alpha value is -3.13. The Morgan fingerprint density at radius 1 is 1.22 bits per heavy atom. The van der Waals surface area contributed by atoms with Crippen LogP contribution in [0.25, 0.3) is 10.2 Å². The second kappa shape index (κ2) is 8.78. The lowest BCUT2D eigenvalue weighted by atomic mass is 9.93. The molecule has 4 rings (SSSR count). The van der Waals surface area contributed by atoms with Crippen LogP contribution in [0.15, 0.2) is 42.6 Å². The lowest BCUT2D eigenvalue weighted by molar-refractivity contribution is 0.0634. The number of ether oxygens (including phenoxy) is 2. The molecule has 168 valence electrons. The molecule has 7 nitrogen and oxygen atoms in total. The number of thiophene rings is 1. The van der Waals surface area contributed by atoms with Gasteiger partial charge in [-0.2, -0.15) is 0 Å². The Bertz CT molecular complexity index is 1130. The monoisotopic (exact) mass is 453 g/mol. The normalized spacial score (nSPS) is 14.2. The Balaban J connectivity index is 1.36. The van der Waals surface area contributed by atoms with Gasteiger partial charge in [0.2, 0.25) is 0 Å². The second-order valence-corrected chi connectivity index (χ2v) is 9.99. The summed E-state index contributed by atoms with van der Waals surface area (Å²) >= 11 is 1.48. The molecule has 0 aliphatic carbocycles. The minimum Gasteiger partial charge on any atom is -0.445 e. The highest BCUT2D eigenvalue weighted by Gasteiger charge is 2.33. The van der Waals surface area contributed by atoms with Crippen LogP contribution in [-0.4, -0.2) is 40.8 Å². The van der Waals surface area contributed by atoms with Crippen molar-refractivity contribution < 1.29 is 19.1 Å². The fourth-order valence-corrected chi connectivity index (χ4v) is 4.60. The van der Waals surface area contributed by atoms with Crippen LogP contribution in [0.5, 0.6) is 0 Å². The molecular formula is C24H27N3O4S. The SMILES string of the molecule is Cc1c(NC(=O)OC(C)(C)C)sc2cc(C3CN(C(=O)OCc4ccccc4)C3)cnc12. The molecule has 2 amide bonds. The van der Waals surface area contributed by atoms with Crippen molar-refractivity contribution in [1.82, 2.24) is 9.88 Å². The van der Waals surface area contributed by atoms with Gasteiger partial charge in [0.15, 0.2) is 0 Å². The minimum atomic E-state index is -0.557. The third-order valence-corrected chi connectivity index (χ3v) is 6.36. The maximum Gasteiger partial charge on any atom is 0.412 e. The largest absolute Gasteiger partial charge is 0.445 e. The molecule has 1 N–H and O–H groups in total. The van der Waals surface area contributed by atoms with E-state index in [-0.39, 0.29) is 18.6 Å². The summed E-state index contributed by atoms with van der Waals surface area (Å²) < 4.78 is 11.7. The average molecular weight is 454 g/mol. The van der Waals surface area contributed by atoms with Gasteiger partial charge in [0.1, 0.15) is 17.2 Å². The maximum absolute atomic E-state index is 12.3. The first-order valence-corrected chi connectivity index (χ1v) is 11.4. The maximum atomic E-state index is 12.3. The highest BCUT2D eigenvalue weighted by Crippen LogP contribution is 2.37. The van der Waals surface area contributed by atoms with E-state index in [2.05, 4.69) is 16.4 Å². The molecular weight excluding hydrogens is 426 g/mol. The molecule has 1 fully saturated rings. The molecule has 3 heterocycles. The third kappa shape index (κ3) is 5.02. The number of carbonyl (C=O) groups excluding carboxylic acids is 2. The molecule has 0 spiro atoms. The van der Waals surface area contributed by atoms with Gasteiger partial charge in [0.05, 0.1) is 10.2 Å². The highest BCUT2D eigenvalue weighted by molar-refractivity contribution is 7.23. The van der Waals surface area contributed by atoms with E-state index in [1.165, 1.54) is 11.3 Å². The fourth-order valence-electron chi connectivity index (χ4n) is 3.50. The summed E-state index contributed by atoms with van der Waals surface area (Å²) in [4.78, 5) is 30.7. The Morgan fingerprint density at radius 2 is 1.94 bits per heavy atom. The lowest BCUT2D eigenvalue weighted by Crippen LogP contribution is -2.48. The quantitative estimate of drug-likeness (QED) is 0.549. The van der Waals surface area contributed by atoms with Gasteiger partial charge in [-0.3, -0.25) is 10.3 Å². The Labute approximate surface area is 191 Å². The van der Waals surface area contributed by atoms with Crippen molar-refractivity contribution in [2.24, 2.45) is 0 Å². The Morgan fingerprint density at radius 3 is 2.62 bits per heavy atom. The standard InChI is InChI=1S/C24H27N3O4S/c1-15-20-19(32-21(15)26-22(28)31-24(2,3)4)10-17(11-25-20)18-12-27(13-18)23(29)30-14-16-8-6-5-7-9-16/h5-11,18H,12-14H2,1-4H3,(H,26,28). The number of amides is 2. The summed E-state index contributed by atoms with van der Waals surface area (Å²) in [6.45, 7) is 8.91. The number of likely N-dealkylation sites (tertiary alicyclic amines) is 1. The smallest absolute Gasteiger partial charge is 0.412 e. The molecule has 8 heteroatoms. The summed E-state index contributed by atoms with van der Waals surface area (Å²) in [6, 6.07) is 11.7. The van der Waals surface area contributed by atoms with Gasteiger partial charge in [-0.05, 0) is 44.9 Å². The molecule has 1 aromatic carbocycles. The van der Waals surface area contributed by atoms with E-state index in [1.54, 1.807) is 4.90 Å². The molecule has 2 aromatic heterocycles. The molecule has 1 aliphatic rings. The lowest BCUT2D eigenvalue weighted by Gasteiger charge is -2.38. The molecule has 0 unspecified atom stereocenters. The predicted octanol–water partition coefficient (Wildman–Crippen LogP) is 5.69. The number of aromatic nitrogens is 1. The number of pyridine rings is 1. The average Bonchev–Trinajstić information content (AvgIpc) is 2.99. The van der Waals surface area contributed by atoms with Gasteiger partial charge in [0.25, 0.3) is 0 Å². The summed E-state index contributed by atoms with van der Waals surface area (Å²) in [6.07, 6.45) is 1.09. The zero-order valence-electron chi connectivity index (χ0n) is 18.7. The van der Waals surface area contributed by atoms with Gasteiger partial charge < -0.3 is 14.4 Å². The van der Waals surface area contributed by atoms with Crippen molar-refractivity contribution in [2.75, 3.05) is 18.4 Å². The number of nitrogens with one attached hydrogen (secondary N) is 1. The van der Waals surface area contributed by atoms with Gasteiger partial charge in [-0.25, -0.2) is 9.59 Å². The van der Waals surface area contributed by atoms with Crippen molar-refractivity contribution >= 4 is 38.7 Å². The predicted molar refractivity (Wildman–Crippen MR) is 125 cm³/mol. The van der Waals surface area contributed by atoms with Crippen molar-refractivity contribution in [3.63, 3.8) is 0 Å². The van der Waals surface area contributed by atoms with Crippen LogP contribution in [0.3, 0.4) is 0 Å². The van der Waals surface area contributed by atoms with E-state index in [1.807, 2.05) is 64.2 Å². The second-order valence-electron chi connectivity index (χ2n) is 8.94. The highest BCUT2D eigenvalue weighted by atomic mass is 32.1. The van der Waals surface area contributed by atoms with E-state index in [0.717, 1.165) is 31.9 Å². The van der Waals surface area contributed by atoms with E-state index in [4.69, 9.17) is 9.47 Å². The molecule has 32 heavy (non-hydrogen) atoms. The van der Waals surface area contributed by atoms with Crippen molar-refractivity contribution in [2.45, 2.75) is 45.8 Å². The molecule has 0 saturated carbocycles. The van der Waals surface area contributed by atoms with Crippen LogP contribution in [-0.2, 0) is 16.1 Å². The number of hydrogen-bond acceptors (Lipinski definition) is 6. The van der Waals surface area contributed by atoms with E-state index >= 15 is 0 Å². The zero-order chi connectivity index (χ0) is 22.9. The number of benzene rings is 1. The summed E-state index contributed by atoms with van der Waals surface area (Å²) in [5.41, 5.74) is 3.27. The van der Waals surface area contributed by atoms with Crippen LogP contribution in [0.1, 0.15) is 43.4 Å². The number of carbonyl (C=O) groups is 2. The molecule has 0 bridgehead atoms. The van der Waals surface area contributed by atoms with Crippen molar-refractivity contribution in [3.05, 3.63) is 59.3 Å². The van der Waals surface area contributed by atoms with Crippen LogP contribution in [0.4, 0.5) is 14.6 Å². The molecule has 1 saturated heterocycles. The first kappa shape index (κ1) is 22.1. The number of anilines is 1. The topological polar surface area (TPSA) is 80.8 Å². The first-order chi connectivity index (χ1) is 15.2. The molecule has 0 atom stereocenters. The Kier molecular flexibility index (Phi) is 6.06. The molecule has 0 radical (unpaired) electrons. The zero-order valence-corrected chi connectivity index (χ0v) is 19.5. The number of rotatable bonds is 4. The summed E-state index contributed by atoms with van der Waals surface area (Å²) in [5.74, 6) is 0.223. The van der Waals surface area contributed by atoms with Crippen molar-refractivity contribution in [3.8, 4) is 0 Å². The minimum absolute atomic E-state index is 0.223. The van der Waals surface area contributed by atoms with Crippen LogP contribution in [0.2, 0.25) is 0 Å². The van der Waals surface area contributed by atoms with Crippen LogP contribution >= 0.6 is 11.3 Å². The first-order valence-electron chi connectivity index (χ1n) is 10.5. The van der Waals surface area contributed by atoms with Crippen LogP contribution in [0, 0.1) is 6.92 Å². The number of aryl methyl sites for hydroxylation is 1.